The molecule has 1 aromatic rings. The number of carbonyl (C=O) groups is 3. The van der Waals surface area contributed by atoms with Gasteiger partial charge in [-0.15, -0.1) is 0 Å². The molecule has 3 aliphatic heterocycles. The van der Waals surface area contributed by atoms with Crippen LogP contribution in [-0.2, 0) is 9.59 Å². The lowest BCUT2D eigenvalue weighted by Crippen LogP contribution is -2.53. The van der Waals surface area contributed by atoms with Crippen molar-refractivity contribution in [2.45, 2.75) is 26.2 Å². The van der Waals surface area contributed by atoms with Crippen LogP contribution in [0.3, 0.4) is 0 Å². The number of hydrogen-bond acceptors (Lipinski definition) is 4. The van der Waals surface area contributed by atoms with Gasteiger partial charge in [0.1, 0.15) is 0 Å². The Balaban J connectivity index is 1.57. The van der Waals surface area contributed by atoms with Crippen LogP contribution in [0.4, 0.5) is 0 Å². The Bertz CT molecular complexity index is 773. The Labute approximate surface area is 159 Å². The van der Waals surface area contributed by atoms with E-state index in [1.54, 1.807) is 36.4 Å². The number of piperidine rings is 1. The van der Waals surface area contributed by atoms with E-state index in [-0.39, 0.29) is 23.1 Å². The van der Waals surface area contributed by atoms with Crippen LogP contribution in [0.2, 0.25) is 0 Å². The lowest BCUT2D eigenvalue weighted by Gasteiger charge is -2.46. The van der Waals surface area contributed by atoms with Crippen LogP contribution in [-0.4, -0.2) is 77.2 Å². The first-order valence-corrected chi connectivity index (χ1v) is 9.59. The highest BCUT2D eigenvalue weighted by Gasteiger charge is 2.65. The summed E-state index contributed by atoms with van der Waals surface area (Å²) < 4.78 is 0. The van der Waals surface area contributed by atoms with Crippen molar-refractivity contribution in [3.8, 4) is 0 Å². The zero-order valence-electron chi connectivity index (χ0n) is 16.0. The maximum Gasteiger partial charge on any atom is 0.255 e. The van der Waals surface area contributed by atoms with Gasteiger partial charge in [-0.1, -0.05) is 0 Å². The molecule has 0 bridgehead atoms. The second-order valence-electron chi connectivity index (χ2n) is 8.25. The molecule has 1 unspecified atom stereocenters. The molecule has 7 nitrogen and oxygen atoms in total. The molecule has 0 saturated carbocycles. The van der Waals surface area contributed by atoms with Crippen molar-refractivity contribution in [2.75, 3.05) is 39.8 Å². The summed E-state index contributed by atoms with van der Waals surface area (Å²) in [6.45, 7) is 4.68. The summed E-state index contributed by atoms with van der Waals surface area (Å²) in [5.41, 5.74) is -0.125. The molecule has 0 aliphatic carbocycles. The van der Waals surface area contributed by atoms with Crippen LogP contribution in [0, 0.1) is 10.8 Å². The van der Waals surface area contributed by atoms with Crippen molar-refractivity contribution >= 4 is 17.7 Å². The van der Waals surface area contributed by atoms with E-state index in [2.05, 4.69) is 4.98 Å². The van der Waals surface area contributed by atoms with Crippen molar-refractivity contribution in [2.24, 2.45) is 10.8 Å². The largest absolute Gasteiger partial charge is 0.345 e. The normalized spacial score (nSPS) is 27.0. The highest BCUT2D eigenvalue weighted by Crippen LogP contribution is 2.57. The van der Waals surface area contributed by atoms with E-state index < -0.39 is 5.41 Å². The molecule has 3 fully saturated rings. The first-order valence-electron chi connectivity index (χ1n) is 9.59. The van der Waals surface area contributed by atoms with E-state index in [0.717, 1.165) is 25.8 Å². The number of nitrogens with zero attached hydrogens (tertiary/aromatic N) is 4. The molecule has 3 saturated heterocycles. The van der Waals surface area contributed by atoms with Crippen LogP contribution in [0.5, 0.6) is 0 Å². The summed E-state index contributed by atoms with van der Waals surface area (Å²) in [7, 11) is 1.85. The Hall–Kier alpha value is -2.44. The summed E-state index contributed by atoms with van der Waals surface area (Å²) in [6.07, 6.45) is 5.55. The van der Waals surface area contributed by atoms with E-state index in [1.807, 2.05) is 16.8 Å². The summed E-state index contributed by atoms with van der Waals surface area (Å²) in [5.74, 6) is 0.184. The number of amides is 3. The van der Waals surface area contributed by atoms with Gasteiger partial charge in [0.25, 0.3) is 5.91 Å². The average molecular weight is 370 g/mol. The summed E-state index contributed by atoms with van der Waals surface area (Å²) in [6, 6.07) is 3.55. The van der Waals surface area contributed by atoms with Crippen LogP contribution >= 0.6 is 0 Å². The van der Waals surface area contributed by atoms with Crippen molar-refractivity contribution in [1.82, 2.24) is 19.7 Å². The lowest BCUT2D eigenvalue weighted by molar-refractivity contribution is -0.141. The monoisotopic (exact) mass is 370 g/mol. The lowest BCUT2D eigenvalue weighted by atomic mass is 9.60. The molecule has 27 heavy (non-hydrogen) atoms. The van der Waals surface area contributed by atoms with Crippen molar-refractivity contribution < 1.29 is 14.4 Å². The number of hydrogen-bond donors (Lipinski definition) is 0. The van der Waals surface area contributed by atoms with E-state index in [9.17, 15) is 14.4 Å². The standard InChI is InChI=1S/C20H26N4O3/c1-15(25)24-13-19(20(14-24)7-9-22(2)18(20)27)5-10-23(11-6-19)17(26)16-4-3-8-21-12-16/h3-4,8,12H,5-7,9-11,13-14H2,1-2H3. The van der Waals surface area contributed by atoms with Gasteiger partial charge in [-0.3, -0.25) is 19.4 Å². The quantitative estimate of drug-likeness (QED) is 0.740. The highest BCUT2D eigenvalue weighted by molar-refractivity contribution is 5.94. The molecule has 0 radical (unpaired) electrons. The molecule has 144 valence electrons. The van der Waals surface area contributed by atoms with Crippen molar-refractivity contribution in [3.05, 3.63) is 30.1 Å². The molecule has 0 N–H and O–H groups in total. The topological polar surface area (TPSA) is 73.8 Å². The van der Waals surface area contributed by atoms with Gasteiger partial charge in [0, 0.05) is 64.5 Å². The molecule has 1 aromatic heterocycles. The number of carbonyl (C=O) groups excluding carboxylic acids is 3. The van der Waals surface area contributed by atoms with Gasteiger partial charge in [0.2, 0.25) is 11.8 Å². The fourth-order valence-corrected chi connectivity index (χ4v) is 5.31. The minimum absolute atomic E-state index is 0.0108. The zero-order chi connectivity index (χ0) is 19.2. The number of likely N-dealkylation sites (tertiary alicyclic amines) is 3. The van der Waals surface area contributed by atoms with Crippen molar-refractivity contribution in [1.29, 1.82) is 0 Å². The van der Waals surface area contributed by atoms with E-state index in [4.69, 9.17) is 0 Å². The van der Waals surface area contributed by atoms with Gasteiger partial charge >= 0.3 is 0 Å². The van der Waals surface area contributed by atoms with Gasteiger partial charge in [-0.25, -0.2) is 0 Å². The Kier molecular flexibility index (Phi) is 4.20. The first kappa shape index (κ1) is 17.9. The molecule has 4 rings (SSSR count). The molecule has 3 aliphatic rings. The van der Waals surface area contributed by atoms with Gasteiger partial charge in [0.05, 0.1) is 11.0 Å². The second-order valence-corrected chi connectivity index (χ2v) is 8.25. The zero-order valence-corrected chi connectivity index (χ0v) is 16.0. The Morgan fingerprint density at radius 1 is 1.07 bits per heavy atom. The summed E-state index contributed by atoms with van der Waals surface area (Å²) >= 11 is 0. The van der Waals surface area contributed by atoms with Gasteiger partial charge in [-0.2, -0.15) is 0 Å². The Morgan fingerprint density at radius 3 is 2.37 bits per heavy atom. The number of fused-ring (bicyclic) bond motifs is 1. The van der Waals surface area contributed by atoms with Gasteiger partial charge in [0.15, 0.2) is 0 Å². The van der Waals surface area contributed by atoms with E-state index >= 15 is 0 Å². The molecule has 3 amide bonds. The Morgan fingerprint density at radius 2 is 1.81 bits per heavy atom. The highest BCUT2D eigenvalue weighted by atomic mass is 16.2. The predicted molar refractivity (Wildman–Crippen MR) is 98.7 cm³/mol. The molecule has 4 heterocycles. The summed E-state index contributed by atoms with van der Waals surface area (Å²) in [5, 5.41) is 0. The molecule has 1 atom stereocenters. The average Bonchev–Trinajstić information content (AvgIpc) is 3.16. The van der Waals surface area contributed by atoms with Crippen LogP contribution in [0.25, 0.3) is 0 Å². The summed E-state index contributed by atoms with van der Waals surface area (Å²) in [4.78, 5) is 47.5. The maximum absolute atomic E-state index is 13.1. The molecular weight excluding hydrogens is 344 g/mol. The van der Waals surface area contributed by atoms with E-state index in [0.29, 0.717) is 31.7 Å². The van der Waals surface area contributed by atoms with E-state index in [1.165, 1.54) is 0 Å². The molecule has 2 spiro atoms. The minimum Gasteiger partial charge on any atom is -0.345 e. The SMILES string of the molecule is CC(=O)N1CC2(CCN(C(=O)c3cccnc3)CC2)C2(CCN(C)C2=O)C1. The number of rotatable bonds is 1. The van der Waals surface area contributed by atoms with Crippen LogP contribution in [0.15, 0.2) is 24.5 Å². The third kappa shape index (κ3) is 2.63. The first-order chi connectivity index (χ1) is 12.9. The third-order valence-electron chi connectivity index (χ3n) is 6.96. The number of pyridine rings is 1. The molecule has 7 heteroatoms. The fourth-order valence-electron chi connectivity index (χ4n) is 5.31. The third-order valence-corrected chi connectivity index (χ3v) is 6.96. The number of aromatic nitrogens is 1. The van der Waals surface area contributed by atoms with Gasteiger partial charge < -0.3 is 14.7 Å². The molecular formula is C20H26N4O3. The van der Waals surface area contributed by atoms with Gasteiger partial charge in [-0.05, 0) is 31.4 Å². The van der Waals surface area contributed by atoms with Crippen LogP contribution < -0.4 is 0 Å². The molecule has 0 aromatic carbocycles. The minimum atomic E-state index is -0.489. The smallest absolute Gasteiger partial charge is 0.255 e. The fraction of sp³-hybridized carbons (Fsp3) is 0.600. The maximum atomic E-state index is 13.1. The van der Waals surface area contributed by atoms with Crippen molar-refractivity contribution in [3.63, 3.8) is 0 Å². The predicted octanol–water partition coefficient (Wildman–Crippen LogP) is 1.01. The second kappa shape index (κ2) is 6.32. The van der Waals surface area contributed by atoms with Crippen LogP contribution in [0.1, 0.15) is 36.5 Å².